The fourth-order valence-corrected chi connectivity index (χ4v) is 1.14. The second-order valence-corrected chi connectivity index (χ2v) is 3.88. The Labute approximate surface area is 106 Å². The van der Waals surface area contributed by atoms with Crippen LogP contribution < -0.4 is 15.8 Å². The van der Waals surface area contributed by atoms with E-state index in [9.17, 15) is 4.79 Å². The molecule has 7 heteroatoms. The SMILES string of the molecule is COC(=O)Nc1cc(N)c(OCCN(C)C)cn1. The summed E-state index contributed by atoms with van der Waals surface area (Å²) in [7, 11) is 5.18. The Morgan fingerprint density at radius 1 is 1.56 bits per heavy atom. The van der Waals surface area contributed by atoms with Gasteiger partial charge in [0.25, 0.3) is 0 Å². The highest BCUT2D eigenvalue weighted by molar-refractivity contribution is 5.84. The topological polar surface area (TPSA) is 89.7 Å². The predicted molar refractivity (Wildman–Crippen MR) is 68.7 cm³/mol. The van der Waals surface area contributed by atoms with E-state index < -0.39 is 6.09 Å². The Morgan fingerprint density at radius 3 is 2.83 bits per heavy atom. The van der Waals surface area contributed by atoms with Crippen molar-refractivity contribution in [2.75, 3.05) is 45.4 Å². The number of methoxy groups -OCH3 is 1. The van der Waals surface area contributed by atoms with Crippen LogP contribution in [0.15, 0.2) is 12.3 Å². The molecule has 0 bridgehead atoms. The van der Waals surface area contributed by atoms with Crippen LogP contribution in [0.3, 0.4) is 0 Å². The minimum Gasteiger partial charge on any atom is -0.488 e. The Kier molecular flexibility index (Phi) is 5.19. The fourth-order valence-electron chi connectivity index (χ4n) is 1.14. The molecule has 0 aliphatic carbocycles. The monoisotopic (exact) mass is 254 g/mol. The van der Waals surface area contributed by atoms with Crippen LogP contribution in [0.1, 0.15) is 0 Å². The maximum Gasteiger partial charge on any atom is 0.412 e. The van der Waals surface area contributed by atoms with Crippen LogP contribution in [0.5, 0.6) is 5.75 Å². The minimum atomic E-state index is -0.594. The van der Waals surface area contributed by atoms with Crippen molar-refractivity contribution in [3.63, 3.8) is 0 Å². The molecule has 1 aromatic rings. The molecular weight excluding hydrogens is 236 g/mol. The molecule has 0 aliphatic rings. The van der Waals surface area contributed by atoms with E-state index in [2.05, 4.69) is 15.0 Å². The number of nitrogens with two attached hydrogens (primary N) is 1. The smallest absolute Gasteiger partial charge is 0.412 e. The van der Waals surface area contributed by atoms with E-state index in [4.69, 9.17) is 10.5 Å². The van der Waals surface area contributed by atoms with Gasteiger partial charge in [0.1, 0.15) is 12.4 Å². The molecule has 0 aromatic carbocycles. The Morgan fingerprint density at radius 2 is 2.28 bits per heavy atom. The van der Waals surface area contributed by atoms with Crippen LogP contribution in [0, 0.1) is 0 Å². The number of hydrogen-bond donors (Lipinski definition) is 2. The Bertz CT molecular complexity index is 409. The van der Waals surface area contributed by atoms with Crippen LogP contribution in [-0.2, 0) is 4.74 Å². The zero-order chi connectivity index (χ0) is 13.5. The third-order valence-electron chi connectivity index (χ3n) is 2.11. The number of carbonyl (C=O) groups excluding carboxylic acids is 1. The molecule has 1 amide bonds. The van der Waals surface area contributed by atoms with E-state index >= 15 is 0 Å². The van der Waals surface area contributed by atoms with Gasteiger partial charge in [0, 0.05) is 12.6 Å². The van der Waals surface area contributed by atoms with Crippen molar-refractivity contribution < 1.29 is 14.3 Å². The van der Waals surface area contributed by atoms with Gasteiger partial charge in [0.05, 0.1) is 19.0 Å². The average Bonchev–Trinajstić information content (AvgIpc) is 2.31. The Balaban J connectivity index is 2.59. The van der Waals surface area contributed by atoms with Crippen LogP contribution >= 0.6 is 0 Å². The lowest BCUT2D eigenvalue weighted by molar-refractivity contribution is 0.187. The van der Waals surface area contributed by atoms with Gasteiger partial charge >= 0.3 is 6.09 Å². The van der Waals surface area contributed by atoms with E-state index in [0.717, 1.165) is 6.54 Å². The predicted octanol–water partition coefficient (Wildman–Crippen LogP) is 0.782. The van der Waals surface area contributed by atoms with E-state index in [1.165, 1.54) is 19.4 Å². The van der Waals surface area contributed by atoms with Gasteiger partial charge in [0.2, 0.25) is 0 Å². The average molecular weight is 254 g/mol. The number of nitrogen functional groups attached to an aromatic ring is 1. The molecule has 0 atom stereocenters. The van der Waals surface area contributed by atoms with Crippen molar-refractivity contribution in [1.29, 1.82) is 0 Å². The summed E-state index contributed by atoms with van der Waals surface area (Å²) in [5.41, 5.74) is 6.20. The summed E-state index contributed by atoms with van der Waals surface area (Å²) >= 11 is 0. The molecule has 1 aromatic heterocycles. The first-order valence-electron chi connectivity index (χ1n) is 5.41. The summed E-state index contributed by atoms with van der Waals surface area (Å²) in [5, 5.41) is 2.42. The number of nitrogens with one attached hydrogen (secondary N) is 1. The van der Waals surface area contributed by atoms with E-state index in [1.54, 1.807) is 0 Å². The molecule has 0 aliphatic heterocycles. The quantitative estimate of drug-likeness (QED) is 0.807. The number of aromatic nitrogens is 1. The number of anilines is 2. The van der Waals surface area contributed by atoms with Gasteiger partial charge < -0.3 is 20.1 Å². The highest BCUT2D eigenvalue weighted by Gasteiger charge is 2.06. The number of hydrogen-bond acceptors (Lipinski definition) is 6. The number of rotatable bonds is 5. The summed E-state index contributed by atoms with van der Waals surface area (Å²) < 4.78 is 9.91. The van der Waals surface area contributed by atoms with E-state index in [1.807, 2.05) is 19.0 Å². The highest BCUT2D eigenvalue weighted by Crippen LogP contribution is 2.22. The first kappa shape index (κ1) is 14.0. The summed E-state index contributed by atoms with van der Waals surface area (Å²) in [6.45, 7) is 1.30. The number of likely N-dealkylation sites (N-methyl/N-ethyl adjacent to an activating group) is 1. The first-order chi connectivity index (χ1) is 8.52. The third kappa shape index (κ3) is 4.46. The second kappa shape index (κ2) is 6.65. The van der Waals surface area contributed by atoms with Gasteiger partial charge in [-0.3, -0.25) is 5.32 Å². The Hall–Kier alpha value is -2.02. The molecule has 0 radical (unpaired) electrons. The summed E-state index contributed by atoms with van der Waals surface area (Å²) in [5.74, 6) is 0.812. The van der Waals surface area contributed by atoms with Crippen molar-refractivity contribution in [3.05, 3.63) is 12.3 Å². The van der Waals surface area contributed by atoms with Crippen molar-refractivity contribution in [3.8, 4) is 5.75 Å². The van der Waals surface area contributed by atoms with Gasteiger partial charge in [-0.25, -0.2) is 9.78 Å². The van der Waals surface area contributed by atoms with Crippen molar-refractivity contribution in [2.24, 2.45) is 0 Å². The van der Waals surface area contributed by atoms with Gasteiger partial charge in [-0.2, -0.15) is 0 Å². The maximum atomic E-state index is 11.0. The fraction of sp³-hybridized carbons (Fsp3) is 0.455. The number of carbonyl (C=O) groups is 1. The molecule has 100 valence electrons. The van der Waals surface area contributed by atoms with E-state index in [0.29, 0.717) is 23.9 Å². The summed E-state index contributed by atoms with van der Waals surface area (Å²) in [4.78, 5) is 17.0. The maximum absolute atomic E-state index is 11.0. The van der Waals surface area contributed by atoms with Crippen LogP contribution in [0.4, 0.5) is 16.3 Å². The normalized spacial score (nSPS) is 10.2. The number of pyridine rings is 1. The lowest BCUT2D eigenvalue weighted by Crippen LogP contribution is -2.20. The zero-order valence-corrected chi connectivity index (χ0v) is 10.8. The molecule has 0 fully saturated rings. The van der Waals surface area contributed by atoms with E-state index in [-0.39, 0.29) is 0 Å². The number of ether oxygens (including phenoxy) is 2. The lowest BCUT2D eigenvalue weighted by atomic mass is 10.3. The lowest BCUT2D eigenvalue weighted by Gasteiger charge is -2.12. The molecule has 0 saturated heterocycles. The molecular formula is C11H18N4O3. The van der Waals surface area contributed by atoms with Gasteiger partial charge in [0.15, 0.2) is 5.75 Å². The molecule has 7 nitrogen and oxygen atoms in total. The molecule has 3 N–H and O–H groups in total. The van der Waals surface area contributed by atoms with Crippen LogP contribution in [0.2, 0.25) is 0 Å². The highest BCUT2D eigenvalue weighted by atomic mass is 16.5. The minimum absolute atomic E-state index is 0.319. The molecule has 1 rings (SSSR count). The number of nitrogens with zero attached hydrogens (tertiary/aromatic N) is 2. The van der Waals surface area contributed by atoms with Crippen molar-refractivity contribution in [2.45, 2.75) is 0 Å². The molecule has 0 spiro atoms. The number of amides is 1. The summed E-state index contributed by atoms with van der Waals surface area (Å²) in [6, 6.07) is 1.52. The second-order valence-electron chi connectivity index (χ2n) is 3.88. The van der Waals surface area contributed by atoms with Gasteiger partial charge in [-0.05, 0) is 14.1 Å². The third-order valence-corrected chi connectivity index (χ3v) is 2.11. The van der Waals surface area contributed by atoms with Crippen LogP contribution in [-0.4, -0.2) is 50.3 Å². The van der Waals surface area contributed by atoms with Crippen molar-refractivity contribution in [1.82, 2.24) is 9.88 Å². The molecule has 18 heavy (non-hydrogen) atoms. The van der Waals surface area contributed by atoms with Crippen molar-refractivity contribution >= 4 is 17.6 Å². The standard InChI is InChI=1S/C11H18N4O3/c1-15(2)4-5-18-9-7-13-10(6-8(9)12)14-11(16)17-3/h6-7H,4-5H2,1-3H3,(H3,12,13,14,16). The van der Waals surface area contributed by atoms with Gasteiger partial charge in [-0.1, -0.05) is 0 Å². The zero-order valence-electron chi connectivity index (χ0n) is 10.8. The molecule has 1 heterocycles. The molecule has 0 saturated carbocycles. The summed E-state index contributed by atoms with van der Waals surface area (Å²) in [6.07, 6.45) is 0.874. The first-order valence-corrected chi connectivity index (χ1v) is 5.41. The van der Waals surface area contributed by atoms with Crippen LogP contribution in [0.25, 0.3) is 0 Å². The largest absolute Gasteiger partial charge is 0.488 e. The molecule has 0 unspecified atom stereocenters. The van der Waals surface area contributed by atoms with Gasteiger partial charge in [-0.15, -0.1) is 0 Å².